The van der Waals surface area contributed by atoms with Gasteiger partial charge >= 0.3 is 0 Å². The molecule has 0 saturated heterocycles. The van der Waals surface area contributed by atoms with Gasteiger partial charge in [0.25, 0.3) is 0 Å². The van der Waals surface area contributed by atoms with Gasteiger partial charge in [0.1, 0.15) is 5.82 Å². The number of thiophene rings is 1. The van der Waals surface area contributed by atoms with Gasteiger partial charge in [-0.05, 0) is 42.8 Å². The molecule has 3 aromatic heterocycles. The van der Waals surface area contributed by atoms with E-state index in [0.717, 1.165) is 16.1 Å². The van der Waals surface area contributed by atoms with Crippen molar-refractivity contribution in [2.45, 2.75) is 13.1 Å². The fourth-order valence-corrected chi connectivity index (χ4v) is 3.25. The zero-order chi connectivity index (χ0) is 17.9. The first kappa shape index (κ1) is 16.6. The van der Waals surface area contributed by atoms with Gasteiger partial charge in [0.2, 0.25) is 11.7 Å². The number of hydrogen-bond acceptors (Lipinski definition) is 6. The molecule has 4 aromatic rings. The van der Waals surface area contributed by atoms with Crippen molar-refractivity contribution >= 4 is 11.3 Å². The lowest BCUT2D eigenvalue weighted by Gasteiger charge is -2.12. The number of hydrogen-bond donors (Lipinski definition) is 0. The topological polar surface area (TPSA) is 60.0 Å². The van der Waals surface area contributed by atoms with Crippen LogP contribution in [0.1, 0.15) is 11.5 Å². The average molecular weight is 369 g/mol. The third kappa shape index (κ3) is 3.71. The van der Waals surface area contributed by atoms with Gasteiger partial charge in [-0.3, -0.25) is 4.90 Å². The van der Waals surface area contributed by atoms with Crippen molar-refractivity contribution in [2.24, 2.45) is 0 Å². The lowest BCUT2D eigenvalue weighted by atomic mass is 10.3. The highest BCUT2D eigenvalue weighted by molar-refractivity contribution is 7.13. The Balaban J connectivity index is 1.39. The molecule has 0 unspecified atom stereocenters. The Morgan fingerprint density at radius 1 is 1.19 bits per heavy atom. The summed E-state index contributed by atoms with van der Waals surface area (Å²) in [7, 11) is 1.98. The van der Waals surface area contributed by atoms with Crippen LogP contribution in [0.2, 0.25) is 0 Å². The third-order valence-corrected chi connectivity index (χ3v) is 4.66. The average Bonchev–Trinajstić information content (AvgIpc) is 3.36. The molecule has 1 aromatic carbocycles. The van der Waals surface area contributed by atoms with Crippen molar-refractivity contribution in [3.8, 4) is 16.4 Å². The molecule has 0 fully saturated rings. The summed E-state index contributed by atoms with van der Waals surface area (Å²) in [5, 5.41) is 10.3. The summed E-state index contributed by atoms with van der Waals surface area (Å²) in [6, 6.07) is 10.2. The Kier molecular flexibility index (Phi) is 4.59. The second kappa shape index (κ2) is 7.19. The van der Waals surface area contributed by atoms with Gasteiger partial charge in [-0.2, -0.15) is 10.1 Å². The molecule has 0 aliphatic heterocycles. The van der Waals surface area contributed by atoms with Crippen LogP contribution in [0, 0.1) is 5.82 Å². The summed E-state index contributed by atoms with van der Waals surface area (Å²) in [6.45, 7) is 1.22. The predicted molar refractivity (Wildman–Crippen MR) is 96.3 cm³/mol. The Morgan fingerprint density at radius 3 is 2.81 bits per heavy atom. The molecule has 0 radical (unpaired) electrons. The van der Waals surface area contributed by atoms with E-state index in [1.54, 1.807) is 34.3 Å². The summed E-state index contributed by atoms with van der Waals surface area (Å²) < 4.78 is 20.1. The lowest BCUT2D eigenvalue weighted by molar-refractivity contribution is 0.261. The maximum atomic E-state index is 13.0. The van der Waals surface area contributed by atoms with Crippen LogP contribution in [0.4, 0.5) is 4.39 Å². The largest absolute Gasteiger partial charge is 0.338 e. The molecular formula is C18H16FN5OS. The molecule has 0 spiro atoms. The van der Waals surface area contributed by atoms with Crippen molar-refractivity contribution in [3.63, 3.8) is 0 Å². The molecule has 0 bridgehead atoms. The van der Waals surface area contributed by atoms with E-state index in [4.69, 9.17) is 4.52 Å². The number of aromatic nitrogens is 4. The van der Waals surface area contributed by atoms with E-state index < -0.39 is 0 Å². The van der Waals surface area contributed by atoms with E-state index in [1.165, 1.54) is 12.1 Å². The zero-order valence-electron chi connectivity index (χ0n) is 14.0. The molecule has 0 aliphatic rings. The molecule has 4 rings (SSSR count). The zero-order valence-corrected chi connectivity index (χ0v) is 14.9. The maximum Gasteiger partial charge on any atom is 0.241 e. The molecule has 8 heteroatoms. The van der Waals surface area contributed by atoms with Gasteiger partial charge in [0, 0.05) is 18.3 Å². The highest BCUT2D eigenvalue weighted by Gasteiger charge is 2.12. The molecule has 0 N–H and O–H groups in total. The second-order valence-electron chi connectivity index (χ2n) is 5.93. The maximum absolute atomic E-state index is 13.0. The van der Waals surface area contributed by atoms with Crippen LogP contribution in [0.15, 0.2) is 58.7 Å². The lowest BCUT2D eigenvalue weighted by Crippen LogP contribution is -2.17. The molecule has 6 nitrogen and oxygen atoms in total. The number of rotatable bonds is 6. The van der Waals surface area contributed by atoms with Gasteiger partial charge < -0.3 is 4.52 Å². The predicted octanol–water partition coefficient (Wildman–Crippen LogP) is 3.75. The fraction of sp³-hybridized carbons (Fsp3) is 0.167. The Bertz CT molecular complexity index is 977. The van der Waals surface area contributed by atoms with Crippen molar-refractivity contribution in [1.82, 2.24) is 24.8 Å². The summed E-state index contributed by atoms with van der Waals surface area (Å²) in [4.78, 5) is 7.49. The first-order valence-electron chi connectivity index (χ1n) is 8.02. The van der Waals surface area contributed by atoms with E-state index in [9.17, 15) is 4.39 Å². The Morgan fingerprint density at radius 2 is 2.04 bits per heavy atom. The minimum atomic E-state index is -0.262. The number of benzene rings is 1. The Labute approximate surface area is 153 Å². The van der Waals surface area contributed by atoms with Crippen molar-refractivity contribution in [2.75, 3.05) is 7.05 Å². The van der Waals surface area contributed by atoms with E-state index in [2.05, 4.69) is 20.1 Å². The Hall–Kier alpha value is -2.84. The van der Waals surface area contributed by atoms with E-state index in [0.29, 0.717) is 24.8 Å². The van der Waals surface area contributed by atoms with Crippen LogP contribution < -0.4 is 0 Å². The van der Waals surface area contributed by atoms with Gasteiger partial charge in [0.05, 0.1) is 23.3 Å². The molecule has 3 heterocycles. The number of nitrogens with zero attached hydrogens (tertiary/aromatic N) is 5. The first-order chi connectivity index (χ1) is 12.7. The summed E-state index contributed by atoms with van der Waals surface area (Å²) >= 11 is 1.58. The van der Waals surface area contributed by atoms with E-state index in [1.807, 2.05) is 30.8 Å². The highest BCUT2D eigenvalue weighted by Crippen LogP contribution is 2.21. The minimum absolute atomic E-state index is 0.262. The quantitative estimate of drug-likeness (QED) is 0.518. The smallest absolute Gasteiger partial charge is 0.241 e. The van der Waals surface area contributed by atoms with Gasteiger partial charge in [-0.25, -0.2) is 9.07 Å². The van der Waals surface area contributed by atoms with Crippen molar-refractivity contribution in [1.29, 1.82) is 0 Å². The third-order valence-electron chi connectivity index (χ3n) is 3.79. The van der Waals surface area contributed by atoms with Crippen LogP contribution in [-0.4, -0.2) is 31.9 Å². The first-order valence-corrected chi connectivity index (χ1v) is 8.90. The van der Waals surface area contributed by atoms with Crippen molar-refractivity contribution < 1.29 is 8.91 Å². The van der Waals surface area contributed by atoms with E-state index in [-0.39, 0.29) is 5.82 Å². The van der Waals surface area contributed by atoms with Gasteiger partial charge in [-0.1, -0.05) is 11.2 Å². The summed E-state index contributed by atoms with van der Waals surface area (Å²) in [5.41, 5.74) is 1.85. The molecule has 26 heavy (non-hydrogen) atoms. The van der Waals surface area contributed by atoms with Crippen LogP contribution >= 0.6 is 11.3 Å². The summed E-state index contributed by atoms with van der Waals surface area (Å²) in [6.07, 6.45) is 3.72. The SMILES string of the molecule is CN(Cc1cnn(-c2ccc(F)cc2)c1)Cc1nc(-c2cccs2)no1. The molecule has 132 valence electrons. The number of halogens is 1. The highest BCUT2D eigenvalue weighted by atomic mass is 32.1. The molecule has 0 atom stereocenters. The van der Waals surface area contributed by atoms with Crippen LogP contribution in [0.25, 0.3) is 16.4 Å². The second-order valence-corrected chi connectivity index (χ2v) is 6.88. The van der Waals surface area contributed by atoms with Gasteiger partial charge in [-0.15, -0.1) is 11.3 Å². The monoisotopic (exact) mass is 369 g/mol. The molecular weight excluding hydrogens is 353 g/mol. The van der Waals surface area contributed by atoms with Crippen LogP contribution in [0.5, 0.6) is 0 Å². The molecule has 0 amide bonds. The fourth-order valence-electron chi connectivity index (χ4n) is 2.60. The minimum Gasteiger partial charge on any atom is -0.338 e. The van der Waals surface area contributed by atoms with Crippen LogP contribution in [0.3, 0.4) is 0 Å². The molecule has 0 saturated carbocycles. The van der Waals surface area contributed by atoms with Crippen LogP contribution in [-0.2, 0) is 13.1 Å². The summed E-state index contributed by atoms with van der Waals surface area (Å²) in [5.74, 6) is 0.927. The van der Waals surface area contributed by atoms with E-state index >= 15 is 0 Å². The molecule has 0 aliphatic carbocycles. The standard InChI is InChI=1S/C18H16FN5OS/c1-23(12-17-21-18(22-25-17)16-3-2-8-26-16)10-13-9-20-24(11-13)15-6-4-14(19)5-7-15/h2-9,11H,10,12H2,1H3. The van der Waals surface area contributed by atoms with Crippen molar-refractivity contribution in [3.05, 3.63) is 71.4 Å². The normalized spacial score (nSPS) is 11.3. The van der Waals surface area contributed by atoms with Gasteiger partial charge in [0.15, 0.2) is 0 Å².